The zero-order valence-corrected chi connectivity index (χ0v) is 20.4. The van der Waals surface area contributed by atoms with Crippen LogP contribution in [0.25, 0.3) is 0 Å². The Balaban J connectivity index is 1.81. The quantitative estimate of drug-likeness (QED) is 0.233. The van der Waals surface area contributed by atoms with Crippen LogP contribution in [0.15, 0.2) is 59.2 Å². The van der Waals surface area contributed by atoms with Crippen LogP contribution in [0.1, 0.15) is 28.5 Å². The van der Waals surface area contributed by atoms with Crippen LogP contribution >= 0.6 is 0 Å². The van der Waals surface area contributed by atoms with E-state index in [0.717, 1.165) is 22.6 Å². The van der Waals surface area contributed by atoms with E-state index in [-0.39, 0.29) is 12.3 Å². The number of carbonyl (C=O) groups excluding carboxylic acids is 1. The Morgan fingerprint density at radius 1 is 0.886 bits per heavy atom. The monoisotopic (exact) mass is 484 g/mol. The van der Waals surface area contributed by atoms with Gasteiger partial charge in [-0.2, -0.15) is 4.98 Å². The first-order valence-electron chi connectivity index (χ1n) is 11.4. The summed E-state index contributed by atoms with van der Waals surface area (Å²) in [7, 11) is 3.27. The van der Waals surface area contributed by atoms with Gasteiger partial charge in [0.15, 0.2) is 5.69 Å². The summed E-state index contributed by atoms with van der Waals surface area (Å²) in [6.07, 6.45) is 1.31. The SMILES string of the molecule is CCOC(=O)c1coc(N(Cc2cccc(OCCOC)c2)Cc2cccc(OCCOC)c2)n1. The average Bonchev–Trinajstić information content (AvgIpc) is 3.35. The van der Waals surface area contributed by atoms with Gasteiger partial charge in [-0.15, -0.1) is 0 Å². The lowest BCUT2D eigenvalue weighted by Gasteiger charge is -2.21. The summed E-state index contributed by atoms with van der Waals surface area (Å²) in [6, 6.07) is 15.9. The molecule has 9 nitrogen and oxygen atoms in total. The topological polar surface area (TPSA) is 92.5 Å². The average molecular weight is 485 g/mol. The van der Waals surface area contributed by atoms with Gasteiger partial charge >= 0.3 is 5.97 Å². The zero-order valence-electron chi connectivity index (χ0n) is 20.4. The lowest BCUT2D eigenvalue weighted by atomic mass is 10.1. The number of methoxy groups -OCH3 is 2. The summed E-state index contributed by atoms with van der Waals surface area (Å²) in [5, 5.41) is 0. The first-order valence-corrected chi connectivity index (χ1v) is 11.4. The van der Waals surface area contributed by atoms with E-state index in [1.807, 2.05) is 53.4 Å². The minimum Gasteiger partial charge on any atom is -0.491 e. The van der Waals surface area contributed by atoms with E-state index in [2.05, 4.69) is 4.98 Å². The fourth-order valence-corrected chi connectivity index (χ4v) is 3.29. The van der Waals surface area contributed by atoms with Gasteiger partial charge in [0.1, 0.15) is 31.0 Å². The molecule has 0 N–H and O–H groups in total. The Kier molecular flexibility index (Phi) is 10.4. The molecular weight excluding hydrogens is 452 g/mol. The molecule has 3 aromatic rings. The molecule has 0 saturated carbocycles. The summed E-state index contributed by atoms with van der Waals surface area (Å²) in [5.74, 6) is 0.963. The number of benzene rings is 2. The fourth-order valence-electron chi connectivity index (χ4n) is 3.29. The Morgan fingerprint density at radius 3 is 1.97 bits per heavy atom. The van der Waals surface area contributed by atoms with Crippen LogP contribution in [0, 0.1) is 0 Å². The van der Waals surface area contributed by atoms with Crippen molar-refractivity contribution in [1.82, 2.24) is 4.98 Å². The Hall–Kier alpha value is -3.56. The molecule has 9 heteroatoms. The number of oxazole rings is 1. The Morgan fingerprint density at radius 2 is 1.46 bits per heavy atom. The van der Waals surface area contributed by atoms with Crippen LogP contribution in [0.3, 0.4) is 0 Å². The minimum absolute atomic E-state index is 0.125. The van der Waals surface area contributed by atoms with E-state index in [9.17, 15) is 4.79 Å². The molecule has 0 spiro atoms. The molecule has 188 valence electrons. The van der Waals surface area contributed by atoms with Crippen molar-refractivity contribution in [2.24, 2.45) is 0 Å². The van der Waals surface area contributed by atoms with Crippen molar-refractivity contribution in [1.29, 1.82) is 0 Å². The smallest absolute Gasteiger partial charge is 0.360 e. The standard InChI is InChI=1S/C26H32N2O7/c1-4-32-25(29)24-19-35-26(27-24)28(17-20-7-5-9-22(15-20)33-13-11-30-2)18-21-8-6-10-23(16-21)34-14-12-31-3/h5-10,15-16,19H,4,11-14,17-18H2,1-3H3. The van der Waals surface area contributed by atoms with E-state index in [4.69, 9.17) is 28.1 Å². The van der Waals surface area contributed by atoms with E-state index < -0.39 is 5.97 Å². The summed E-state index contributed by atoms with van der Waals surface area (Å²) >= 11 is 0. The minimum atomic E-state index is -0.524. The number of esters is 1. The van der Waals surface area contributed by atoms with Gasteiger partial charge in [-0.3, -0.25) is 0 Å². The predicted molar refractivity (Wildman–Crippen MR) is 130 cm³/mol. The van der Waals surface area contributed by atoms with Gasteiger partial charge in [0.25, 0.3) is 6.01 Å². The highest BCUT2D eigenvalue weighted by molar-refractivity contribution is 5.87. The lowest BCUT2D eigenvalue weighted by Crippen LogP contribution is -2.23. The molecule has 0 fully saturated rings. The van der Waals surface area contributed by atoms with Crippen LogP contribution in [0.4, 0.5) is 6.01 Å². The highest BCUT2D eigenvalue weighted by Gasteiger charge is 2.19. The molecule has 0 unspecified atom stereocenters. The van der Waals surface area contributed by atoms with Crippen molar-refractivity contribution >= 4 is 12.0 Å². The molecule has 0 saturated heterocycles. The highest BCUT2D eigenvalue weighted by Crippen LogP contribution is 2.24. The molecule has 0 amide bonds. The number of hydrogen-bond donors (Lipinski definition) is 0. The molecule has 0 atom stereocenters. The fraction of sp³-hybridized carbons (Fsp3) is 0.385. The number of aromatic nitrogens is 1. The van der Waals surface area contributed by atoms with Gasteiger partial charge in [-0.25, -0.2) is 4.79 Å². The van der Waals surface area contributed by atoms with Crippen molar-refractivity contribution in [2.75, 3.05) is 52.2 Å². The van der Waals surface area contributed by atoms with Crippen molar-refractivity contribution in [3.63, 3.8) is 0 Å². The third-order valence-electron chi connectivity index (χ3n) is 4.90. The van der Waals surface area contributed by atoms with Crippen molar-refractivity contribution in [3.8, 4) is 11.5 Å². The van der Waals surface area contributed by atoms with Crippen molar-refractivity contribution < 1.29 is 32.9 Å². The van der Waals surface area contributed by atoms with E-state index >= 15 is 0 Å². The van der Waals surface area contributed by atoms with Gasteiger partial charge in [0.2, 0.25) is 0 Å². The number of carbonyl (C=O) groups is 1. The zero-order chi connectivity index (χ0) is 24.9. The van der Waals surface area contributed by atoms with Crippen LogP contribution in [0.5, 0.6) is 11.5 Å². The molecular formula is C26H32N2O7. The lowest BCUT2D eigenvalue weighted by molar-refractivity contribution is 0.0519. The third kappa shape index (κ3) is 8.31. The summed E-state index contributed by atoms with van der Waals surface area (Å²) < 4.78 is 32.3. The van der Waals surface area contributed by atoms with Gasteiger partial charge in [-0.1, -0.05) is 24.3 Å². The number of hydrogen-bond acceptors (Lipinski definition) is 9. The van der Waals surface area contributed by atoms with E-state index in [1.54, 1.807) is 21.1 Å². The van der Waals surface area contributed by atoms with E-state index in [0.29, 0.717) is 45.5 Å². The van der Waals surface area contributed by atoms with Gasteiger partial charge in [-0.05, 0) is 42.3 Å². The Labute approximate surface area is 205 Å². The van der Waals surface area contributed by atoms with Crippen LogP contribution < -0.4 is 14.4 Å². The molecule has 1 heterocycles. The van der Waals surface area contributed by atoms with E-state index in [1.165, 1.54) is 6.26 Å². The number of anilines is 1. The van der Waals surface area contributed by atoms with Crippen molar-refractivity contribution in [2.45, 2.75) is 20.0 Å². The first kappa shape index (κ1) is 26.1. The second-order valence-electron chi connectivity index (χ2n) is 7.57. The number of ether oxygens (including phenoxy) is 5. The predicted octanol–water partition coefficient (Wildman–Crippen LogP) is 4.11. The highest BCUT2D eigenvalue weighted by atomic mass is 16.5. The van der Waals surface area contributed by atoms with Crippen LogP contribution in [0.2, 0.25) is 0 Å². The number of nitrogens with zero attached hydrogens (tertiary/aromatic N) is 2. The normalized spacial score (nSPS) is 10.7. The van der Waals surface area contributed by atoms with Crippen LogP contribution in [-0.4, -0.2) is 58.2 Å². The third-order valence-corrected chi connectivity index (χ3v) is 4.90. The largest absolute Gasteiger partial charge is 0.491 e. The summed E-state index contributed by atoms with van der Waals surface area (Å²) in [5.41, 5.74) is 2.10. The van der Waals surface area contributed by atoms with Gasteiger partial charge in [0, 0.05) is 27.3 Å². The molecule has 0 radical (unpaired) electrons. The molecule has 1 aromatic heterocycles. The maximum atomic E-state index is 12.1. The Bertz CT molecular complexity index is 998. The van der Waals surface area contributed by atoms with Gasteiger partial charge in [0.05, 0.1) is 19.8 Å². The first-order chi connectivity index (χ1) is 17.1. The molecule has 2 aromatic carbocycles. The molecule has 3 rings (SSSR count). The molecule has 0 aliphatic rings. The second kappa shape index (κ2) is 14.0. The number of rotatable bonds is 15. The molecule has 0 bridgehead atoms. The maximum absolute atomic E-state index is 12.1. The maximum Gasteiger partial charge on any atom is 0.360 e. The summed E-state index contributed by atoms with van der Waals surface area (Å²) in [6.45, 7) is 4.88. The molecule has 0 aliphatic heterocycles. The van der Waals surface area contributed by atoms with Crippen LogP contribution in [-0.2, 0) is 27.3 Å². The van der Waals surface area contributed by atoms with Crippen molar-refractivity contribution in [3.05, 3.63) is 71.6 Å². The second-order valence-corrected chi connectivity index (χ2v) is 7.57. The van der Waals surface area contributed by atoms with Gasteiger partial charge < -0.3 is 33.0 Å². The summed E-state index contributed by atoms with van der Waals surface area (Å²) in [4.78, 5) is 18.4. The molecule has 0 aliphatic carbocycles. The molecule has 35 heavy (non-hydrogen) atoms.